The van der Waals surface area contributed by atoms with Crippen LogP contribution >= 0.6 is 0 Å². The predicted octanol–water partition coefficient (Wildman–Crippen LogP) is 4.72. The van der Waals surface area contributed by atoms with Gasteiger partial charge >= 0.3 is 0 Å². The minimum atomic E-state index is -0.379. The molecule has 4 aromatic rings. The highest BCUT2D eigenvalue weighted by molar-refractivity contribution is 6.18. The molecule has 0 aliphatic carbocycles. The van der Waals surface area contributed by atoms with E-state index in [1.165, 1.54) is 49.2 Å². The Labute approximate surface area is 239 Å². The van der Waals surface area contributed by atoms with Gasteiger partial charge in [-0.05, 0) is 81.5 Å². The Bertz CT molecular complexity index is 1470. The Kier molecular flexibility index (Phi) is 8.11. The molecular weight excluding hydrogens is 519 g/mol. The van der Waals surface area contributed by atoms with Crippen LogP contribution in [0.25, 0.3) is 11.0 Å². The monoisotopic (exact) mass is 556 g/mol. The number of aromatic amines is 1. The second-order valence-electron chi connectivity index (χ2n) is 10.9. The van der Waals surface area contributed by atoms with E-state index in [9.17, 15) is 9.18 Å². The summed E-state index contributed by atoms with van der Waals surface area (Å²) in [4.78, 5) is 33.3. The lowest BCUT2D eigenvalue weighted by atomic mass is 10.0. The van der Waals surface area contributed by atoms with Gasteiger partial charge in [0.2, 0.25) is 5.95 Å². The normalized spacial score (nSPS) is 16.7. The summed E-state index contributed by atoms with van der Waals surface area (Å²) in [6.45, 7) is 7.95. The first-order valence-corrected chi connectivity index (χ1v) is 14.5. The van der Waals surface area contributed by atoms with Crippen molar-refractivity contribution < 1.29 is 9.18 Å². The van der Waals surface area contributed by atoms with Crippen molar-refractivity contribution in [2.75, 3.05) is 74.9 Å². The number of nitrogens with zero attached hydrogens (tertiary/aromatic N) is 5. The predicted molar refractivity (Wildman–Crippen MR) is 162 cm³/mol. The van der Waals surface area contributed by atoms with E-state index in [-0.39, 0.29) is 11.6 Å². The Hall–Kier alpha value is -4.02. The largest absolute Gasteiger partial charge is 0.369 e. The number of likely N-dealkylation sites (N-methyl/N-ethyl adjacent to an activating group) is 1. The molecule has 2 aliphatic heterocycles. The highest BCUT2D eigenvalue weighted by atomic mass is 19.1. The van der Waals surface area contributed by atoms with E-state index in [2.05, 4.69) is 49.5 Å². The van der Waals surface area contributed by atoms with E-state index in [0.717, 1.165) is 51.5 Å². The molecule has 0 amide bonds. The van der Waals surface area contributed by atoms with Crippen molar-refractivity contribution in [3.8, 4) is 0 Å². The van der Waals surface area contributed by atoms with Crippen LogP contribution in [0.15, 0.2) is 54.7 Å². The van der Waals surface area contributed by atoms with Crippen molar-refractivity contribution in [2.24, 2.45) is 0 Å². The fraction of sp³-hybridized carbons (Fsp3) is 0.387. The summed E-state index contributed by atoms with van der Waals surface area (Å²) in [6, 6.07) is 13.9. The number of halogens is 1. The zero-order valence-electron chi connectivity index (χ0n) is 23.5. The molecule has 9 nitrogen and oxygen atoms in total. The van der Waals surface area contributed by atoms with Gasteiger partial charge in [0.25, 0.3) is 0 Å². The van der Waals surface area contributed by atoms with Crippen LogP contribution in [0.1, 0.15) is 35.2 Å². The molecule has 0 atom stereocenters. The third kappa shape index (κ3) is 6.34. The summed E-state index contributed by atoms with van der Waals surface area (Å²) in [7, 11) is 2.16. The minimum Gasteiger partial charge on any atom is -0.369 e. The summed E-state index contributed by atoms with van der Waals surface area (Å²) < 4.78 is 13.5. The van der Waals surface area contributed by atoms with Crippen LogP contribution in [-0.4, -0.2) is 89.9 Å². The highest BCUT2D eigenvalue weighted by Crippen LogP contribution is 2.29. The van der Waals surface area contributed by atoms with Crippen LogP contribution in [0.5, 0.6) is 0 Å². The highest BCUT2D eigenvalue weighted by Gasteiger charge is 2.21. The number of piperazine rings is 1. The van der Waals surface area contributed by atoms with Gasteiger partial charge in [-0.2, -0.15) is 9.97 Å². The van der Waals surface area contributed by atoms with Gasteiger partial charge in [-0.25, -0.2) is 4.39 Å². The Balaban J connectivity index is 1.25. The first kappa shape index (κ1) is 27.2. The summed E-state index contributed by atoms with van der Waals surface area (Å²) in [6.07, 6.45) is 5.41. The SMILES string of the molecule is CN1CCN(c2ccc(Nc3nc(NCCN4CCCCC4)c4c(C(=O)c5ccc(F)cc5)c[nH]c4n3)cc2)CC1. The Morgan fingerprint density at radius 1 is 0.927 bits per heavy atom. The number of H-pyrrole nitrogens is 1. The second-order valence-corrected chi connectivity index (χ2v) is 10.9. The number of rotatable bonds is 9. The molecule has 2 aromatic heterocycles. The number of nitrogens with one attached hydrogen (secondary N) is 3. The number of hydrogen-bond donors (Lipinski definition) is 3. The number of fused-ring (bicyclic) bond motifs is 1. The maximum Gasteiger partial charge on any atom is 0.231 e. The van der Waals surface area contributed by atoms with Gasteiger partial charge in [-0.1, -0.05) is 6.42 Å². The summed E-state index contributed by atoms with van der Waals surface area (Å²) in [5, 5.41) is 7.46. The molecule has 0 saturated carbocycles. The van der Waals surface area contributed by atoms with E-state index in [0.29, 0.717) is 40.5 Å². The molecule has 2 aromatic carbocycles. The average molecular weight is 557 g/mol. The van der Waals surface area contributed by atoms with Crippen LogP contribution in [0.4, 0.5) is 27.5 Å². The quantitative estimate of drug-likeness (QED) is 0.255. The summed E-state index contributed by atoms with van der Waals surface area (Å²) in [5.74, 6) is 0.443. The Morgan fingerprint density at radius 3 is 2.39 bits per heavy atom. The molecule has 214 valence electrons. The van der Waals surface area contributed by atoms with E-state index in [4.69, 9.17) is 9.97 Å². The zero-order valence-corrected chi connectivity index (χ0v) is 23.5. The topological polar surface area (TPSA) is 92.4 Å². The molecule has 2 saturated heterocycles. The number of hydrogen-bond acceptors (Lipinski definition) is 8. The lowest BCUT2D eigenvalue weighted by Gasteiger charge is -2.34. The van der Waals surface area contributed by atoms with Gasteiger partial charge in [0.15, 0.2) is 5.78 Å². The van der Waals surface area contributed by atoms with E-state index in [1.807, 2.05) is 12.1 Å². The molecule has 2 fully saturated rings. The first-order valence-electron chi connectivity index (χ1n) is 14.5. The smallest absolute Gasteiger partial charge is 0.231 e. The van der Waals surface area contributed by atoms with E-state index < -0.39 is 0 Å². The van der Waals surface area contributed by atoms with Gasteiger partial charge in [-0.15, -0.1) is 0 Å². The number of benzene rings is 2. The van der Waals surface area contributed by atoms with Gasteiger partial charge < -0.3 is 30.3 Å². The van der Waals surface area contributed by atoms with Crippen LogP contribution in [0.2, 0.25) is 0 Å². The van der Waals surface area contributed by atoms with Crippen LogP contribution in [0.3, 0.4) is 0 Å². The molecule has 0 radical (unpaired) electrons. The molecule has 0 spiro atoms. The van der Waals surface area contributed by atoms with Crippen LogP contribution < -0.4 is 15.5 Å². The number of carbonyl (C=O) groups is 1. The van der Waals surface area contributed by atoms with Crippen molar-refractivity contribution in [2.45, 2.75) is 19.3 Å². The maximum absolute atomic E-state index is 13.5. The molecular formula is C31H37FN8O. The van der Waals surface area contributed by atoms with Crippen molar-refractivity contribution in [1.82, 2.24) is 24.8 Å². The molecule has 0 unspecified atom stereocenters. The second kappa shape index (κ2) is 12.2. The third-order valence-corrected chi connectivity index (χ3v) is 8.04. The Morgan fingerprint density at radius 2 is 1.66 bits per heavy atom. The molecule has 2 aliphatic rings. The molecule has 0 bridgehead atoms. The van der Waals surface area contributed by atoms with Gasteiger partial charge in [0.05, 0.1) is 10.9 Å². The van der Waals surface area contributed by atoms with E-state index >= 15 is 0 Å². The van der Waals surface area contributed by atoms with E-state index in [1.54, 1.807) is 6.20 Å². The van der Waals surface area contributed by atoms with Crippen molar-refractivity contribution >= 4 is 40.0 Å². The molecule has 4 heterocycles. The molecule has 41 heavy (non-hydrogen) atoms. The average Bonchev–Trinajstić information content (AvgIpc) is 3.43. The number of piperidine rings is 1. The fourth-order valence-corrected chi connectivity index (χ4v) is 5.62. The van der Waals surface area contributed by atoms with Crippen LogP contribution in [-0.2, 0) is 0 Å². The minimum absolute atomic E-state index is 0.209. The van der Waals surface area contributed by atoms with Gasteiger partial charge in [0.1, 0.15) is 17.3 Å². The van der Waals surface area contributed by atoms with Crippen molar-refractivity contribution in [3.05, 3.63) is 71.7 Å². The lowest BCUT2D eigenvalue weighted by molar-refractivity contribution is 0.104. The molecule has 3 N–H and O–H groups in total. The maximum atomic E-state index is 13.5. The van der Waals surface area contributed by atoms with Crippen molar-refractivity contribution in [1.29, 1.82) is 0 Å². The van der Waals surface area contributed by atoms with Crippen LogP contribution in [0, 0.1) is 5.82 Å². The molecule has 6 rings (SSSR count). The number of aromatic nitrogens is 3. The summed E-state index contributed by atoms with van der Waals surface area (Å²) >= 11 is 0. The first-order chi connectivity index (χ1) is 20.0. The standard InChI is InChI=1S/C31H37FN8O/c1-38-17-19-40(20-18-38)25-11-9-24(10-12-25)35-31-36-29(33-13-16-39-14-3-2-4-15-39)27-26(21-34-30(27)37-31)28(41)22-5-7-23(32)8-6-22/h5-12,21H,2-4,13-20H2,1H3,(H3,33,34,35,36,37). The van der Waals surface area contributed by atoms with Gasteiger partial charge in [-0.3, -0.25) is 4.79 Å². The number of ketones is 1. The number of anilines is 4. The third-order valence-electron chi connectivity index (χ3n) is 8.04. The lowest BCUT2D eigenvalue weighted by Crippen LogP contribution is -2.44. The fourth-order valence-electron chi connectivity index (χ4n) is 5.62. The number of carbonyl (C=O) groups excluding carboxylic acids is 1. The summed E-state index contributed by atoms with van der Waals surface area (Å²) in [5.41, 5.74) is 3.51. The molecule has 10 heteroatoms. The number of likely N-dealkylation sites (tertiary alicyclic amines) is 1. The zero-order chi connectivity index (χ0) is 28.2. The van der Waals surface area contributed by atoms with Crippen molar-refractivity contribution in [3.63, 3.8) is 0 Å². The van der Waals surface area contributed by atoms with Gasteiger partial charge in [0, 0.05) is 62.4 Å².